The first kappa shape index (κ1) is 44.2. The minimum Gasteiger partial charge on any atom is -1.00 e. The van der Waals surface area contributed by atoms with Crippen LogP contribution in [0.25, 0.3) is 33.4 Å². The second-order valence-corrected chi connectivity index (χ2v) is 14.4. The molecule has 2 heterocycles. The zero-order chi connectivity index (χ0) is 40.8. The van der Waals surface area contributed by atoms with Crippen molar-refractivity contribution in [2.75, 3.05) is 26.3 Å². The number of unbranched alkanes of at least 4 members (excludes halogenated alkanes) is 2. The highest BCUT2D eigenvalue weighted by Crippen LogP contribution is 2.53. The third kappa shape index (κ3) is 9.37. The summed E-state index contributed by atoms with van der Waals surface area (Å²) in [7, 11) is 0. The normalized spacial score (nSPS) is 15.5. The fraction of sp³-hybridized carbons (Fsp3) is 0.415. The Hall–Kier alpha value is -3.92. The van der Waals surface area contributed by atoms with Gasteiger partial charge in [0.15, 0.2) is 0 Å². The van der Waals surface area contributed by atoms with Crippen molar-refractivity contribution in [3.8, 4) is 44.9 Å². The van der Waals surface area contributed by atoms with Crippen LogP contribution < -0.4 is 26.5 Å². The first-order valence-electron chi connectivity index (χ1n) is 18.2. The van der Waals surface area contributed by atoms with Gasteiger partial charge in [-0.15, -0.1) is 0 Å². The molecule has 0 atom stereocenters. The number of hydrogen-bond acceptors (Lipinski definition) is 2. The van der Waals surface area contributed by atoms with Gasteiger partial charge in [0.05, 0.1) is 48.6 Å². The Balaban J connectivity index is 0.00000620. The molecule has 0 saturated heterocycles. The van der Waals surface area contributed by atoms with Crippen molar-refractivity contribution in [3.05, 3.63) is 94.0 Å². The van der Waals surface area contributed by atoms with Crippen molar-refractivity contribution in [2.45, 2.75) is 83.7 Å². The van der Waals surface area contributed by atoms with Gasteiger partial charge in [-0.1, -0.05) is 38.8 Å². The van der Waals surface area contributed by atoms with Crippen LogP contribution in [0.5, 0.6) is 11.5 Å². The second kappa shape index (κ2) is 16.4. The Bertz CT molecular complexity index is 1880. The molecule has 57 heavy (non-hydrogen) atoms. The van der Waals surface area contributed by atoms with Crippen molar-refractivity contribution in [1.82, 2.24) is 0 Å². The van der Waals surface area contributed by atoms with E-state index in [2.05, 4.69) is 0 Å². The molecule has 4 aromatic rings. The van der Waals surface area contributed by atoms with Crippen molar-refractivity contribution in [1.29, 1.82) is 0 Å². The molecule has 0 aliphatic carbocycles. The molecular formula is C41H38BrF12NO2. The molecule has 0 aromatic heterocycles. The maximum Gasteiger partial charge on any atom is 0.416 e. The Morgan fingerprint density at radius 3 is 1.14 bits per heavy atom. The van der Waals surface area contributed by atoms with Crippen LogP contribution in [0.2, 0.25) is 0 Å². The molecule has 0 radical (unpaired) electrons. The maximum absolute atomic E-state index is 14.2. The van der Waals surface area contributed by atoms with Crippen LogP contribution in [-0.2, 0) is 37.8 Å². The van der Waals surface area contributed by atoms with Crippen LogP contribution >= 0.6 is 0 Å². The lowest BCUT2D eigenvalue weighted by Crippen LogP contribution is -3.00. The minimum atomic E-state index is -5.14. The van der Waals surface area contributed by atoms with E-state index in [1.165, 1.54) is 24.3 Å². The van der Waals surface area contributed by atoms with Crippen LogP contribution in [0.4, 0.5) is 52.7 Å². The monoisotopic (exact) mass is 883 g/mol. The fourth-order valence-corrected chi connectivity index (χ4v) is 7.70. The number of quaternary nitrogens is 1. The molecule has 2 aliphatic heterocycles. The van der Waals surface area contributed by atoms with Crippen molar-refractivity contribution in [3.63, 3.8) is 0 Å². The Morgan fingerprint density at radius 2 is 0.842 bits per heavy atom. The van der Waals surface area contributed by atoms with Crippen LogP contribution in [-0.4, -0.2) is 30.8 Å². The summed E-state index contributed by atoms with van der Waals surface area (Å²) in [5.74, 6) is 0.394. The van der Waals surface area contributed by atoms with Gasteiger partial charge in [0.25, 0.3) is 0 Å². The first-order chi connectivity index (χ1) is 26.1. The van der Waals surface area contributed by atoms with E-state index in [0.29, 0.717) is 80.6 Å². The summed E-state index contributed by atoms with van der Waals surface area (Å²) in [5.41, 5.74) is -5.58. The van der Waals surface area contributed by atoms with Crippen LogP contribution in [0.3, 0.4) is 0 Å². The smallest absolute Gasteiger partial charge is 0.416 e. The maximum atomic E-state index is 14.2. The van der Waals surface area contributed by atoms with E-state index < -0.39 is 47.0 Å². The van der Waals surface area contributed by atoms with E-state index in [9.17, 15) is 52.7 Å². The Morgan fingerprint density at radius 1 is 0.509 bits per heavy atom. The predicted octanol–water partition coefficient (Wildman–Crippen LogP) is 10.4. The highest BCUT2D eigenvalue weighted by molar-refractivity contribution is 5.91. The third-order valence-corrected chi connectivity index (χ3v) is 10.4. The number of halogens is 13. The molecule has 0 spiro atoms. The number of rotatable bonds is 8. The summed E-state index contributed by atoms with van der Waals surface area (Å²) in [6.07, 6.45) is -17.6. The lowest BCUT2D eigenvalue weighted by molar-refractivity contribution is -0.953. The van der Waals surface area contributed by atoms with Gasteiger partial charge in [0, 0.05) is 28.7 Å². The molecule has 0 unspecified atom stereocenters. The minimum absolute atomic E-state index is 0. The van der Waals surface area contributed by atoms with Gasteiger partial charge < -0.3 is 30.9 Å². The summed E-state index contributed by atoms with van der Waals surface area (Å²) in [4.78, 5) is 0. The number of benzene rings is 4. The number of nitrogens with zero attached hydrogens (tertiary/aromatic N) is 1. The molecule has 6 rings (SSSR count). The van der Waals surface area contributed by atoms with E-state index in [1.54, 1.807) is 0 Å². The number of hydrogen-bond donors (Lipinski definition) is 0. The second-order valence-electron chi connectivity index (χ2n) is 14.4. The van der Waals surface area contributed by atoms with E-state index in [1.807, 2.05) is 13.8 Å². The van der Waals surface area contributed by atoms with E-state index >= 15 is 0 Å². The molecule has 0 saturated carbocycles. The number of alkyl halides is 12. The van der Waals surface area contributed by atoms with Crippen molar-refractivity contribution in [2.24, 2.45) is 0 Å². The third-order valence-electron chi connectivity index (χ3n) is 10.4. The van der Waals surface area contributed by atoms with Gasteiger partial charge in [-0.05, 0) is 83.6 Å². The highest BCUT2D eigenvalue weighted by Gasteiger charge is 2.42. The van der Waals surface area contributed by atoms with Gasteiger partial charge in [-0.3, -0.25) is 0 Å². The molecule has 0 amide bonds. The predicted molar refractivity (Wildman–Crippen MR) is 186 cm³/mol. The van der Waals surface area contributed by atoms with Crippen LogP contribution in [0.1, 0.15) is 79.3 Å². The average molecular weight is 885 g/mol. The van der Waals surface area contributed by atoms with Gasteiger partial charge in [-0.2, -0.15) is 52.7 Å². The summed E-state index contributed by atoms with van der Waals surface area (Å²) in [6, 6.07) is 8.37. The Labute approximate surface area is 331 Å². The molecular weight excluding hydrogens is 846 g/mol. The van der Waals surface area contributed by atoms with Gasteiger partial charge in [-0.25, -0.2) is 0 Å². The summed E-state index contributed by atoms with van der Waals surface area (Å²) in [6.45, 7) is 5.00. The molecule has 4 aromatic carbocycles. The fourth-order valence-electron chi connectivity index (χ4n) is 7.70. The molecule has 16 heteroatoms. The quantitative estimate of drug-likeness (QED) is 0.130. The largest absolute Gasteiger partial charge is 1.00 e. The first-order valence-corrected chi connectivity index (χ1v) is 18.2. The van der Waals surface area contributed by atoms with Crippen molar-refractivity contribution < 1.29 is 83.6 Å². The van der Waals surface area contributed by atoms with E-state index in [-0.39, 0.29) is 105 Å². The standard InChI is InChI=1S/C41H38F12NO2.BrH/c1-3-5-12-54(13-6-4-2)22-32-30(24-16-26(38(42,43)44)20-27(17-24)39(45,46)47)8-10-34-36(32)37-33(23-54)31(9-11-35(37)56-15-7-14-55-34)25-18-28(40(48,49)50)21-29(19-25)41(51,52)53;/h8-11,16-21H,3-7,12-15,22-23H2,1-2H3;1H/q+1;/p-1. The number of ether oxygens (including phenoxy) is 2. The van der Waals surface area contributed by atoms with E-state index in [4.69, 9.17) is 9.47 Å². The molecule has 0 bridgehead atoms. The topological polar surface area (TPSA) is 18.5 Å². The van der Waals surface area contributed by atoms with Gasteiger partial charge in [0.2, 0.25) is 0 Å². The summed E-state index contributed by atoms with van der Waals surface area (Å²) in [5, 5.41) is 0. The SMILES string of the molecule is CCCC[N+]1(CCCC)Cc2c(-c3cc(C(F)(F)F)cc(C(F)(F)F)c3)ccc3c2-c2c(ccc(-c4cc(C(F)(F)F)cc(C(F)(F)F)c4)c2C1)OCCCO3.[Br-]. The molecule has 0 fully saturated rings. The average Bonchev–Trinajstić information content (AvgIpc) is 3.19. The summed E-state index contributed by atoms with van der Waals surface area (Å²) >= 11 is 0. The highest BCUT2D eigenvalue weighted by atomic mass is 79.9. The molecule has 2 aliphatic rings. The van der Waals surface area contributed by atoms with E-state index in [0.717, 1.165) is 0 Å². The zero-order valence-corrected chi connectivity index (χ0v) is 32.3. The lowest BCUT2D eigenvalue weighted by Gasteiger charge is -2.39. The van der Waals surface area contributed by atoms with Crippen LogP contribution in [0, 0.1) is 0 Å². The lowest BCUT2D eigenvalue weighted by atomic mass is 9.85. The van der Waals surface area contributed by atoms with Crippen molar-refractivity contribution >= 4 is 0 Å². The summed E-state index contributed by atoms with van der Waals surface area (Å²) < 4.78 is 183. The van der Waals surface area contributed by atoms with Gasteiger partial charge >= 0.3 is 24.7 Å². The van der Waals surface area contributed by atoms with Crippen LogP contribution in [0.15, 0.2) is 60.7 Å². The Kier molecular flexibility index (Phi) is 12.7. The van der Waals surface area contributed by atoms with Gasteiger partial charge in [0.1, 0.15) is 24.6 Å². The molecule has 3 nitrogen and oxygen atoms in total. The molecule has 310 valence electrons. The molecule has 0 N–H and O–H groups in total. The zero-order valence-electron chi connectivity index (χ0n) is 30.7.